The van der Waals surface area contributed by atoms with E-state index in [1.165, 1.54) is 63.4 Å². The van der Waals surface area contributed by atoms with Crippen molar-refractivity contribution in [3.63, 3.8) is 0 Å². The summed E-state index contributed by atoms with van der Waals surface area (Å²) in [5, 5.41) is 1.17. The molecule has 0 spiro atoms. The highest BCUT2D eigenvalue weighted by Gasteiger charge is 2.32. The van der Waals surface area contributed by atoms with Crippen molar-refractivity contribution in [2.45, 2.75) is 51.0 Å². The minimum atomic E-state index is 0.955. The van der Waals surface area contributed by atoms with Crippen LogP contribution in [0.25, 0.3) is 0 Å². The molecule has 0 amide bonds. The van der Waals surface area contributed by atoms with Crippen LogP contribution in [0, 0.1) is 5.92 Å². The first-order valence-corrected chi connectivity index (χ1v) is 7.34. The molecule has 0 aromatic rings. The summed E-state index contributed by atoms with van der Waals surface area (Å²) >= 11 is 3.54. The number of alkyl halides is 1. The monoisotopic (exact) mass is 259 g/mol. The zero-order chi connectivity index (χ0) is 9.80. The fourth-order valence-corrected chi connectivity index (χ4v) is 3.52. The molecule has 14 heavy (non-hydrogen) atoms. The third-order valence-corrected chi connectivity index (χ3v) is 4.50. The van der Waals surface area contributed by atoms with Crippen LogP contribution in [0.1, 0.15) is 44.9 Å². The van der Waals surface area contributed by atoms with Gasteiger partial charge in [-0.15, -0.1) is 0 Å². The van der Waals surface area contributed by atoms with Crippen molar-refractivity contribution in [3.05, 3.63) is 0 Å². The predicted octanol–water partition coefficient (Wildman–Crippen LogP) is 3.43. The number of nitrogens with zero attached hydrogens (tertiary/aromatic N) is 1. The second-order valence-corrected chi connectivity index (χ2v) is 5.63. The Morgan fingerprint density at radius 3 is 2.71 bits per heavy atom. The number of hydrogen-bond donors (Lipinski definition) is 0. The van der Waals surface area contributed by atoms with Crippen molar-refractivity contribution in [1.82, 2.24) is 4.90 Å². The van der Waals surface area contributed by atoms with Gasteiger partial charge in [0.2, 0.25) is 0 Å². The van der Waals surface area contributed by atoms with E-state index in [1.54, 1.807) is 0 Å². The quantitative estimate of drug-likeness (QED) is 0.703. The molecule has 2 heteroatoms. The lowest BCUT2D eigenvalue weighted by Crippen LogP contribution is -2.47. The molecule has 1 heterocycles. The van der Waals surface area contributed by atoms with Gasteiger partial charge >= 0.3 is 0 Å². The van der Waals surface area contributed by atoms with E-state index in [4.69, 9.17) is 0 Å². The van der Waals surface area contributed by atoms with Crippen LogP contribution in [-0.4, -0.2) is 29.4 Å². The van der Waals surface area contributed by atoms with Gasteiger partial charge in [0.05, 0.1) is 0 Å². The van der Waals surface area contributed by atoms with Gasteiger partial charge in [0.1, 0.15) is 0 Å². The molecule has 82 valence electrons. The maximum atomic E-state index is 3.54. The van der Waals surface area contributed by atoms with Crippen molar-refractivity contribution in [2.24, 2.45) is 5.92 Å². The topological polar surface area (TPSA) is 3.24 Å². The Morgan fingerprint density at radius 2 is 1.86 bits per heavy atom. The summed E-state index contributed by atoms with van der Waals surface area (Å²) in [6, 6.07) is 0.955. The number of rotatable bonds is 3. The van der Waals surface area contributed by atoms with Crippen LogP contribution in [0.5, 0.6) is 0 Å². The van der Waals surface area contributed by atoms with Gasteiger partial charge in [-0.2, -0.15) is 0 Å². The Labute approximate surface area is 96.4 Å². The molecule has 2 rings (SSSR count). The largest absolute Gasteiger partial charge is 0.300 e. The molecule has 0 aromatic carbocycles. The fourth-order valence-electron chi connectivity index (χ4n) is 3.27. The number of fused-ring (bicyclic) bond motifs is 1. The zero-order valence-corrected chi connectivity index (χ0v) is 10.6. The van der Waals surface area contributed by atoms with E-state index in [2.05, 4.69) is 20.8 Å². The molecule has 0 N–H and O–H groups in total. The zero-order valence-electron chi connectivity index (χ0n) is 9.05. The highest BCUT2D eigenvalue weighted by atomic mass is 79.9. The van der Waals surface area contributed by atoms with Gasteiger partial charge in [-0.1, -0.05) is 28.8 Å². The van der Waals surface area contributed by atoms with Crippen molar-refractivity contribution >= 4 is 15.9 Å². The highest BCUT2D eigenvalue weighted by molar-refractivity contribution is 9.09. The van der Waals surface area contributed by atoms with Crippen LogP contribution in [-0.2, 0) is 0 Å². The summed E-state index contributed by atoms with van der Waals surface area (Å²) in [5.74, 6) is 1.05. The molecule has 1 nitrogen and oxygen atoms in total. The standard InChI is InChI=1S/C12H22BrN/c13-8-4-10-14-9-3-6-11-5-1-2-7-12(11)14/h11-12H,1-10H2/t11-,12-/m1/s1. The molecule has 1 aliphatic carbocycles. The fraction of sp³-hybridized carbons (Fsp3) is 1.00. The number of hydrogen-bond acceptors (Lipinski definition) is 1. The molecule has 1 saturated heterocycles. The van der Waals surface area contributed by atoms with Crippen molar-refractivity contribution in [2.75, 3.05) is 18.4 Å². The van der Waals surface area contributed by atoms with Crippen LogP contribution >= 0.6 is 15.9 Å². The molecule has 0 bridgehead atoms. The average Bonchev–Trinajstić information content (AvgIpc) is 2.26. The van der Waals surface area contributed by atoms with Crippen molar-refractivity contribution < 1.29 is 0 Å². The van der Waals surface area contributed by atoms with Gasteiger partial charge < -0.3 is 4.90 Å². The van der Waals surface area contributed by atoms with E-state index in [9.17, 15) is 0 Å². The first-order chi connectivity index (χ1) is 6.92. The summed E-state index contributed by atoms with van der Waals surface area (Å²) in [6.07, 6.45) is 10.2. The molecule has 2 fully saturated rings. The van der Waals surface area contributed by atoms with Crippen LogP contribution < -0.4 is 0 Å². The molecule has 0 radical (unpaired) electrons. The van der Waals surface area contributed by atoms with Gasteiger partial charge in [-0.25, -0.2) is 0 Å². The molecule has 2 atom stereocenters. The van der Waals surface area contributed by atoms with E-state index in [-0.39, 0.29) is 0 Å². The second-order valence-electron chi connectivity index (χ2n) is 4.83. The lowest BCUT2D eigenvalue weighted by atomic mass is 9.78. The van der Waals surface area contributed by atoms with E-state index < -0.39 is 0 Å². The van der Waals surface area contributed by atoms with Gasteiger partial charge in [0.25, 0.3) is 0 Å². The van der Waals surface area contributed by atoms with Crippen LogP contribution in [0.2, 0.25) is 0 Å². The summed E-state index contributed by atoms with van der Waals surface area (Å²) in [6.45, 7) is 2.70. The van der Waals surface area contributed by atoms with Crippen LogP contribution in [0.15, 0.2) is 0 Å². The molecular formula is C12H22BrN. The number of piperidine rings is 1. The van der Waals surface area contributed by atoms with E-state index >= 15 is 0 Å². The van der Waals surface area contributed by atoms with Crippen molar-refractivity contribution in [1.29, 1.82) is 0 Å². The highest BCUT2D eigenvalue weighted by Crippen LogP contribution is 2.35. The maximum absolute atomic E-state index is 3.54. The van der Waals surface area contributed by atoms with Gasteiger partial charge in [0.15, 0.2) is 0 Å². The molecular weight excluding hydrogens is 238 g/mol. The minimum absolute atomic E-state index is 0.955. The van der Waals surface area contributed by atoms with Crippen molar-refractivity contribution in [3.8, 4) is 0 Å². The lowest BCUT2D eigenvalue weighted by Gasteiger charge is -2.44. The SMILES string of the molecule is BrCCCN1CCC[C@H]2CCCC[C@H]21. The third kappa shape index (κ3) is 2.52. The average molecular weight is 260 g/mol. The summed E-state index contributed by atoms with van der Waals surface area (Å²) in [5.41, 5.74) is 0. The molecule has 1 saturated carbocycles. The Bertz CT molecular complexity index is 170. The molecule has 0 aromatic heterocycles. The van der Waals surface area contributed by atoms with E-state index in [1.807, 2.05) is 0 Å². The molecule has 0 unspecified atom stereocenters. The Kier molecular flexibility index (Phi) is 4.30. The Hall–Kier alpha value is 0.440. The van der Waals surface area contributed by atoms with Gasteiger partial charge in [-0.3, -0.25) is 0 Å². The predicted molar refractivity (Wildman–Crippen MR) is 65.0 cm³/mol. The van der Waals surface area contributed by atoms with Crippen LogP contribution in [0.4, 0.5) is 0 Å². The van der Waals surface area contributed by atoms with E-state index in [0.717, 1.165) is 12.0 Å². The first kappa shape index (κ1) is 10.9. The summed E-state index contributed by atoms with van der Waals surface area (Å²) in [7, 11) is 0. The minimum Gasteiger partial charge on any atom is -0.300 e. The number of halogens is 1. The molecule has 2 aliphatic rings. The van der Waals surface area contributed by atoms with Gasteiger partial charge in [0, 0.05) is 11.4 Å². The second kappa shape index (κ2) is 5.50. The number of likely N-dealkylation sites (tertiary alicyclic amines) is 1. The normalized spacial score (nSPS) is 34.1. The van der Waals surface area contributed by atoms with Gasteiger partial charge in [-0.05, 0) is 51.1 Å². The summed E-state index contributed by atoms with van der Waals surface area (Å²) < 4.78 is 0. The first-order valence-electron chi connectivity index (χ1n) is 6.22. The third-order valence-electron chi connectivity index (χ3n) is 3.94. The smallest absolute Gasteiger partial charge is 0.0123 e. The molecule has 1 aliphatic heterocycles. The lowest BCUT2D eigenvalue weighted by molar-refractivity contribution is 0.0615. The van der Waals surface area contributed by atoms with Crippen LogP contribution in [0.3, 0.4) is 0 Å². The van der Waals surface area contributed by atoms with E-state index in [0.29, 0.717) is 0 Å². The maximum Gasteiger partial charge on any atom is 0.0123 e. The summed E-state index contributed by atoms with van der Waals surface area (Å²) in [4.78, 5) is 2.77. The Balaban J connectivity index is 1.88. The Morgan fingerprint density at radius 1 is 1.07 bits per heavy atom.